The molecule has 0 aromatic carbocycles. The molecule has 1 aliphatic rings. The first-order chi connectivity index (χ1) is 6.77. The Morgan fingerprint density at radius 3 is 2.27 bits per heavy atom. The Bertz CT molecular complexity index is 276. The highest BCUT2D eigenvalue weighted by atomic mass is 127. The molecule has 0 spiro atoms. The van der Waals surface area contributed by atoms with Gasteiger partial charge in [-0.1, -0.05) is 75.4 Å². The third kappa shape index (κ3) is 3.33. The first-order valence-corrected chi connectivity index (χ1v) is 6.93. The van der Waals surface area contributed by atoms with Crippen LogP contribution in [0.5, 0.6) is 0 Å². The van der Waals surface area contributed by atoms with Gasteiger partial charge in [-0.05, 0) is 29.7 Å². The molecule has 0 aliphatic heterocycles. The van der Waals surface area contributed by atoms with Gasteiger partial charge in [0.1, 0.15) is 0 Å². The summed E-state index contributed by atoms with van der Waals surface area (Å²) in [4.78, 5) is 0. The predicted octanol–water partition coefficient (Wildman–Crippen LogP) is 5.14. The highest BCUT2D eigenvalue weighted by Crippen LogP contribution is 2.39. The van der Waals surface area contributed by atoms with Crippen molar-refractivity contribution in [1.29, 1.82) is 0 Å². The zero-order valence-corrected chi connectivity index (χ0v) is 12.8. The summed E-state index contributed by atoms with van der Waals surface area (Å²) in [6.07, 6.45) is 9.60. The van der Waals surface area contributed by atoms with E-state index in [4.69, 9.17) is 0 Å². The highest BCUT2D eigenvalue weighted by Gasteiger charge is 2.27. The minimum atomic E-state index is 0.344. The normalized spacial score (nSPS) is 22.8. The Labute approximate surface area is 108 Å². The summed E-state index contributed by atoms with van der Waals surface area (Å²) in [5.41, 5.74) is 1.86. The lowest BCUT2D eigenvalue weighted by atomic mass is 9.76. The van der Waals surface area contributed by atoms with Crippen LogP contribution < -0.4 is 0 Å². The second kappa shape index (κ2) is 4.60. The Morgan fingerprint density at radius 2 is 1.93 bits per heavy atom. The van der Waals surface area contributed by atoms with E-state index in [1.54, 1.807) is 0 Å². The van der Waals surface area contributed by atoms with Crippen LogP contribution >= 0.6 is 22.6 Å². The molecule has 0 saturated carbocycles. The van der Waals surface area contributed by atoms with Crippen molar-refractivity contribution in [1.82, 2.24) is 0 Å². The third-order valence-electron chi connectivity index (χ3n) is 3.65. The molecule has 0 radical (unpaired) electrons. The van der Waals surface area contributed by atoms with Crippen LogP contribution in [0, 0.1) is 11.3 Å². The summed E-state index contributed by atoms with van der Waals surface area (Å²) in [6, 6.07) is 0. The largest absolute Gasteiger partial charge is 0.0801 e. The molecule has 1 atom stereocenters. The van der Waals surface area contributed by atoms with Crippen LogP contribution in [0.1, 0.15) is 47.5 Å². The van der Waals surface area contributed by atoms with Crippen molar-refractivity contribution < 1.29 is 0 Å². The van der Waals surface area contributed by atoms with Crippen LogP contribution in [0.25, 0.3) is 0 Å². The van der Waals surface area contributed by atoms with Gasteiger partial charge in [-0.25, -0.2) is 0 Å². The van der Waals surface area contributed by atoms with Gasteiger partial charge in [-0.2, -0.15) is 0 Å². The van der Waals surface area contributed by atoms with E-state index >= 15 is 0 Å². The van der Waals surface area contributed by atoms with Gasteiger partial charge in [-0.3, -0.25) is 0 Å². The van der Waals surface area contributed by atoms with Crippen molar-refractivity contribution in [3.63, 3.8) is 0 Å². The summed E-state index contributed by atoms with van der Waals surface area (Å²) >= 11 is 2.55. The fraction of sp³-hybridized carbons (Fsp3) is 0.714. The zero-order valence-electron chi connectivity index (χ0n) is 10.6. The Kier molecular flexibility index (Phi) is 4.07. The molecule has 0 amide bonds. The van der Waals surface area contributed by atoms with Gasteiger partial charge < -0.3 is 0 Å². The SMILES string of the molecule is CCC(C)(C)C1=CCC(C(C)(C)I)C=C1. The number of rotatable bonds is 3. The molecule has 1 aliphatic carbocycles. The minimum Gasteiger partial charge on any atom is -0.0801 e. The molecule has 0 bridgehead atoms. The van der Waals surface area contributed by atoms with Crippen molar-refractivity contribution in [2.24, 2.45) is 11.3 Å². The average molecular weight is 318 g/mol. The molecular formula is C14H23I. The summed E-state index contributed by atoms with van der Waals surface area (Å²) in [5.74, 6) is 0.689. The molecule has 86 valence electrons. The maximum absolute atomic E-state index is 2.55. The number of hydrogen-bond donors (Lipinski definition) is 0. The van der Waals surface area contributed by atoms with E-state index < -0.39 is 0 Å². The van der Waals surface area contributed by atoms with E-state index in [2.05, 4.69) is 75.4 Å². The number of allylic oxidation sites excluding steroid dienone is 4. The third-order valence-corrected chi connectivity index (χ3v) is 4.45. The van der Waals surface area contributed by atoms with Crippen LogP contribution in [-0.4, -0.2) is 3.42 Å². The summed E-state index contributed by atoms with van der Waals surface area (Å²) in [7, 11) is 0. The monoisotopic (exact) mass is 318 g/mol. The quantitative estimate of drug-likeness (QED) is 0.499. The van der Waals surface area contributed by atoms with E-state index in [1.807, 2.05) is 0 Å². The molecule has 1 heteroatoms. The van der Waals surface area contributed by atoms with Gasteiger partial charge in [0.15, 0.2) is 0 Å². The molecule has 0 aromatic rings. The van der Waals surface area contributed by atoms with E-state index in [0.29, 0.717) is 14.8 Å². The van der Waals surface area contributed by atoms with Crippen LogP contribution in [0.4, 0.5) is 0 Å². The fourth-order valence-corrected chi connectivity index (χ4v) is 2.30. The van der Waals surface area contributed by atoms with Crippen LogP contribution in [0.15, 0.2) is 23.8 Å². The van der Waals surface area contributed by atoms with Crippen LogP contribution in [0.3, 0.4) is 0 Å². The van der Waals surface area contributed by atoms with Crippen molar-refractivity contribution in [3.05, 3.63) is 23.8 Å². The Morgan fingerprint density at radius 1 is 1.33 bits per heavy atom. The molecule has 1 unspecified atom stereocenters. The lowest BCUT2D eigenvalue weighted by molar-refractivity contribution is 0.428. The summed E-state index contributed by atoms with van der Waals surface area (Å²) < 4.78 is 0.368. The number of alkyl halides is 1. The smallest absolute Gasteiger partial charge is 0.0231 e. The molecule has 0 nitrogen and oxygen atoms in total. The first kappa shape index (κ1) is 13.3. The lowest BCUT2D eigenvalue weighted by Gasteiger charge is -2.32. The van der Waals surface area contributed by atoms with Gasteiger partial charge in [0, 0.05) is 3.42 Å². The van der Waals surface area contributed by atoms with E-state index in [0.717, 1.165) is 0 Å². The van der Waals surface area contributed by atoms with Crippen molar-refractivity contribution >= 4 is 22.6 Å². The second-order valence-corrected chi connectivity index (χ2v) is 8.44. The van der Waals surface area contributed by atoms with Crippen molar-refractivity contribution in [2.75, 3.05) is 0 Å². The molecule has 15 heavy (non-hydrogen) atoms. The van der Waals surface area contributed by atoms with Gasteiger partial charge in [0.25, 0.3) is 0 Å². The van der Waals surface area contributed by atoms with Gasteiger partial charge in [0.05, 0.1) is 0 Å². The molecule has 0 saturated heterocycles. The Hall–Kier alpha value is 0.210. The maximum atomic E-state index is 2.55. The molecule has 1 rings (SSSR count). The van der Waals surface area contributed by atoms with Gasteiger partial charge in [-0.15, -0.1) is 0 Å². The molecule has 0 N–H and O–H groups in total. The van der Waals surface area contributed by atoms with E-state index in [1.165, 1.54) is 18.4 Å². The number of hydrogen-bond acceptors (Lipinski definition) is 0. The van der Waals surface area contributed by atoms with Gasteiger partial charge >= 0.3 is 0 Å². The first-order valence-electron chi connectivity index (χ1n) is 5.85. The molecular weight excluding hydrogens is 295 g/mol. The van der Waals surface area contributed by atoms with E-state index in [-0.39, 0.29) is 0 Å². The topological polar surface area (TPSA) is 0 Å². The lowest BCUT2D eigenvalue weighted by Crippen LogP contribution is -2.24. The fourth-order valence-electron chi connectivity index (χ4n) is 1.84. The minimum absolute atomic E-state index is 0.344. The van der Waals surface area contributed by atoms with Crippen molar-refractivity contribution in [2.45, 2.75) is 50.9 Å². The van der Waals surface area contributed by atoms with Gasteiger partial charge in [0.2, 0.25) is 0 Å². The van der Waals surface area contributed by atoms with Crippen LogP contribution in [0.2, 0.25) is 0 Å². The molecule has 0 heterocycles. The predicted molar refractivity (Wildman–Crippen MR) is 77.5 cm³/mol. The molecule has 0 aromatic heterocycles. The molecule has 0 fully saturated rings. The second-order valence-electron chi connectivity index (χ2n) is 5.66. The average Bonchev–Trinajstić information content (AvgIpc) is 2.17. The summed E-state index contributed by atoms with van der Waals surface area (Å²) in [6.45, 7) is 11.6. The standard InChI is InChI=1S/C14H23I/c1-6-13(2,3)11-7-9-12(10-8-11)14(4,5)15/h7-9,12H,6,10H2,1-5H3. The van der Waals surface area contributed by atoms with Crippen LogP contribution in [-0.2, 0) is 0 Å². The van der Waals surface area contributed by atoms with Crippen molar-refractivity contribution in [3.8, 4) is 0 Å². The number of halogens is 1. The Balaban J connectivity index is 2.74. The van der Waals surface area contributed by atoms with E-state index in [9.17, 15) is 0 Å². The summed E-state index contributed by atoms with van der Waals surface area (Å²) in [5, 5.41) is 0. The maximum Gasteiger partial charge on any atom is 0.0231 e. The highest BCUT2D eigenvalue weighted by molar-refractivity contribution is 14.1. The zero-order chi connectivity index (χ0) is 11.7.